The van der Waals surface area contributed by atoms with Crippen LogP contribution in [0.2, 0.25) is 0 Å². The Morgan fingerprint density at radius 1 is 0.611 bits per heavy atom. The molecule has 0 spiro atoms. The maximum absolute atomic E-state index is 12.9. The Morgan fingerprint density at radius 2 is 1.00 bits per heavy atom. The van der Waals surface area contributed by atoms with Crippen molar-refractivity contribution in [3.8, 4) is 0 Å². The van der Waals surface area contributed by atoms with E-state index in [-0.39, 0.29) is 19.1 Å². The van der Waals surface area contributed by atoms with E-state index in [0.29, 0.717) is 17.4 Å². The van der Waals surface area contributed by atoms with E-state index in [4.69, 9.17) is 9.05 Å². The smallest absolute Gasteiger partial charge is 0.387 e. The van der Waals surface area contributed by atoms with Crippen molar-refractivity contribution in [3.05, 3.63) is 24.3 Å². The zero-order chi connectivity index (χ0) is 40.0. The summed E-state index contributed by atoms with van der Waals surface area (Å²) >= 11 is 0. The van der Waals surface area contributed by atoms with Crippen LogP contribution in [0.3, 0.4) is 0 Å². The number of nitrogens with zero attached hydrogens (tertiary/aromatic N) is 1. The Bertz CT molecular complexity index is 938. The van der Waals surface area contributed by atoms with Gasteiger partial charge in [0.25, 0.3) is 0 Å². The standard InChI is InChI=1S/C45H89N2O6P/c1-6-8-10-12-14-16-18-20-21-22-23-24-25-26-27-29-31-33-35-37-39-45(49)46-43(42-53-54(50,51)52-41-40-47(3,4)5)44(48)38-36-34-32-30-28-19-17-15-13-11-9-7-2/h23-24,36,38,43-44,48H,6-22,25-35,37,39-42H2,1-5H3,(H-,46,49,50,51)/p+1/b24-23-,38-36+. The molecule has 0 saturated carbocycles. The summed E-state index contributed by atoms with van der Waals surface area (Å²) in [5.74, 6) is -0.182. The third-order valence-corrected chi connectivity index (χ3v) is 11.1. The fraction of sp³-hybridized carbons (Fsp3) is 0.889. The zero-order valence-electron chi connectivity index (χ0n) is 36.2. The van der Waals surface area contributed by atoms with Crippen molar-refractivity contribution in [2.75, 3.05) is 40.9 Å². The molecule has 0 bridgehead atoms. The maximum Gasteiger partial charge on any atom is 0.472 e. The van der Waals surface area contributed by atoms with Crippen LogP contribution < -0.4 is 5.32 Å². The average Bonchev–Trinajstić information content (AvgIpc) is 3.12. The number of rotatable bonds is 41. The lowest BCUT2D eigenvalue weighted by Crippen LogP contribution is -2.45. The normalized spacial score (nSPS) is 14.6. The van der Waals surface area contributed by atoms with E-state index >= 15 is 0 Å². The van der Waals surface area contributed by atoms with Crippen molar-refractivity contribution < 1.29 is 32.9 Å². The highest BCUT2D eigenvalue weighted by Gasteiger charge is 2.27. The molecular formula is C45H90N2O6P+. The highest BCUT2D eigenvalue weighted by molar-refractivity contribution is 7.47. The minimum atomic E-state index is -4.33. The number of quaternary nitrogens is 1. The molecule has 0 rings (SSSR count). The molecule has 3 N–H and O–H groups in total. The number of nitrogens with one attached hydrogen (secondary N) is 1. The number of likely N-dealkylation sites (N-methyl/N-ethyl adjacent to an activating group) is 1. The van der Waals surface area contributed by atoms with Gasteiger partial charge in [0, 0.05) is 6.42 Å². The number of carbonyl (C=O) groups excluding carboxylic acids is 1. The number of unbranched alkanes of at least 4 members (excludes halogenated alkanes) is 26. The highest BCUT2D eigenvalue weighted by Crippen LogP contribution is 2.43. The van der Waals surface area contributed by atoms with Gasteiger partial charge in [0.15, 0.2) is 0 Å². The Kier molecular flexibility index (Phi) is 36.8. The minimum Gasteiger partial charge on any atom is -0.387 e. The number of hydrogen-bond donors (Lipinski definition) is 3. The summed E-state index contributed by atoms with van der Waals surface area (Å²) in [5.41, 5.74) is 0. The number of phosphoric ester groups is 1. The monoisotopic (exact) mass is 786 g/mol. The van der Waals surface area contributed by atoms with Crippen molar-refractivity contribution in [1.82, 2.24) is 5.32 Å². The number of carbonyl (C=O) groups is 1. The lowest BCUT2D eigenvalue weighted by atomic mass is 10.0. The van der Waals surface area contributed by atoms with Crippen LogP contribution in [0.4, 0.5) is 0 Å². The molecule has 0 aromatic rings. The molecule has 54 heavy (non-hydrogen) atoms. The van der Waals surface area contributed by atoms with Gasteiger partial charge >= 0.3 is 7.82 Å². The summed E-state index contributed by atoms with van der Waals surface area (Å²) in [5, 5.41) is 13.8. The number of allylic oxidation sites excluding steroid dienone is 3. The predicted octanol–water partition coefficient (Wildman–Crippen LogP) is 12.5. The number of aliphatic hydroxyl groups excluding tert-OH is 1. The van der Waals surface area contributed by atoms with Crippen LogP contribution in [-0.2, 0) is 18.4 Å². The minimum absolute atomic E-state index is 0.0616. The van der Waals surface area contributed by atoms with Crippen LogP contribution in [0.1, 0.15) is 206 Å². The molecule has 3 unspecified atom stereocenters. The van der Waals surface area contributed by atoms with Gasteiger partial charge in [0.05, 0.1) is 39.9 Å². The van der Waals surface area contributed by atoms with Crippen molar-refractivity contribution in [3.63, 3.8) is 0 Å². The second-order valence-electron chi connectivity index (χ2n) is 16.8. The van der Waals surface area contributed by atoms with E-state index in [9.17, 15) is 19.4 Å². The van der Waals surface area contributed by atoms with E-state index in [1.165, 1.54) is 148 Å². The number of amides is 1. The highest BCUT2D eigenvalue weighted by atomic mass is 31.2. The van der Waals surface area contributed by atoms with Crippen LogP contribution in [0.5, 0.6) is 0 Å². The van der Waals surface area contributed by atoms with E-state index in [1.807, 2.05) is 27.2 Å². The van der Waals surface area contributed by atoms with E-state index < -0.39 is 20.0 Å². The summed E-state index contributed by atoms with van der Waals surface area (Å²) in [4.78, 5) is 23.1. The molecule has 0 aromatic carbocycles. The molecule has 8 nitrogen and oxygen atoms in total. The lowest BCUT2D eigenvalue weighted by Gasteiger charge is -2.25. The van der Waals surface area contributed by atoms with Crippen LogP contribution in [0.25, 0.3) is 0 Å². The molecule has 1 amide bonds. The first-order valence-electron chi connectivity index (χ1n) is 22.7. The Hall–Kier alpha value is -1.02. The molecule has 0 radical (unpaired) electrons. The summed E-state index contributed by atoms with van der Waals surface area (Å²) in [6.45, 7) is 4.81. The van der Waals surface area contributed by atoms with Gasteiger partial charge in [-0.05, 0) is 44.9 Å². The van der Waals surface area contributed by atoms with Gasteiger partial charge < -0.3 is 19.8 Å². The SMILES string of the molecule is CCCCCCCCCCC/C=C\CCCCCCCCCC(=O)NC(COP(=O)(O)OCC[N+](C)(C)C)C(O)/C=C/CCCCCCCCCCCC. The van der Waals surface area contributed by atoms with Crippen LogP contribution in [-0.4, -0.2) is 73.4 Å². The molecule has 0 aliphatic heterocycles. The topological polar surface area (TPSA) is 105 Å². The quantitative estimate of drug-likeness (QED) is 0.0247. The van der Waals surface area contributed by atoms with E-state index in [2.05, 4.69) is 31.3 Å². The Morgan fingerprint density at radius 3 is 1.43 bits per heavy atom. The molecule has 0 heterocycles. The van der Waals surface area contributed by atoms with Gasteiger partial charge in [0.2, 0.25) is 5.91 Å². The first kappa shape index (κ1) is 53.0. The van der Waals surface area contributed by atoms with Gasteiger partial charge in [-0.1, -0.05) is 179 Å². The average molecular weight is 786 g/mol. The number of hydrogen-bond acceptors (Lipinski definition) is 5. The molecular weight excluding hydrogens is 695 g/mol. The maximum atomic E-state index is 12.9. The fourth-order valence-corrected chi connectivity index (χ4v) is 7.24. The van der Waals surface area contributed by atoms with E-state index in [0.717, 1.165) is 38.5 Å². The second-order valence-corrected chi connectivity index (χ2v) is 18.2. The Labute approximate surface area is 334 Å². The molecule has 0 fully saturated rings. The molecule has 0 aliphatic rings. The van der Waals surface area contributed by atoms with E-state index in [1.54, 1.807) is 6.08 Å². The van der Waals surface area contributed by atoms with Gasteiger partial charge in [-0.3, -0.25) is 13.8 Å². The summed E-state index contributed by atoms with van der Waals surface area (Å²) < 4.78 is 23.5. The first-order chi connectivity index (χ1) is 26.0. The third-order valence-electron chi connectivity index (χ3n) is 10.2. The summed E-state index contributed by atoms with van der Waals surface area (Å²) in [6.07, 6.45) is 43.9. The lowest BCUT2D eigenvalue weighted by molar-refractivity contribution is -0.870. The Balaban J connectivity index is 4.34. The molecule has 0 aliphatic carbocycles. The van der Waals surface area contributed by atoms with Gasteiger partial charge in [-0.15, -0.1) is 0 Å². The molecule has 3 atom stereocenters. The third kappa shape index (κ3) is 39.2. The second kappa shape index (κ2) is 37.6. The van der Waals surface area contributed by atoms with Gasteiger partial charge in [-0.2, -0.15) is 0 Å². The summed E-state index contributed by atoms with van der Waals surface area (Å²) in [6, 6.07) is -0.844. The predicted molar refractivity (Wildman–Crippen MR) is 231 cm³/mol. The summed E-state index contributed by atoms with van der Waals surface area (Å²) in [7, 11) is 1.57. The van der Waals surface area contributed by atoms with Crippen molar-refractivity contribution in [2.45, 2.75) is 219 Å². The van der Waals surface area contributed by atoms with Crippen molar-refractivity contribution in [2.24, 2.45) is 0 Å². The number of aliphatic hydroxyl groups is 1. The molecule has 9 heteroatoms. The number of phosphoric acid groups is 1. The zero-order valence-corrected chi connectivity index (χ0v) is 37.1. The van der Waals surface area contributed by atoms with Crippen molar-refractivity contribution in [1.29, 1.82) is 0 Å². The van der Waals surface area contributed by atoms with Crippen LogP contribution in [0.15, 0.2) is 24.3 Å². The van der Waals surface area contributed by atoms with Gasteiger partial charge in [0.1, 0.15) is 13.2 Å². The first-order valence-corrected chi connectivity index (χ1v) is 24.2. The van der Waals surface area contributed by atoms with Crippen LogP contribution >= 0.6 is 7.82 Å². The van der Waals surface area contributed by atoms with Crippen LogP contribution in [0, 0.1) is 0 Å². The molecule has 0 aromatic heterocycles. The van der Waals surface area contributed by atoms with Gasteiger partial charge in [-0.25, -0.2) is 4.57 Å². The van der Waals surface area contributed by atoms with Crippen molar-refractivity contribution >= 4 is 13.7 Å². The molecule has 320 valence electrons. The largest absolute Gasteiger partial charge is 0.472 e. The molecule has 0 saturated heterocycles. The fourth-order valence-electron chi connectivity index (χ4n) is 6.51.